The molecule has 2 saturated carbocycles. The third-order valence-electron chi connectivity index (χ3n) is 7.81. The molecule has 4 aliphatic rings. The van der Waals surface area contributed by atoms with Crippen molar-refractivity contribution < 1.29 is 4.79 Å². The Kier molecular flexibility index (Phi) is 3.70. The number of rotatable bonds is 1. The van der Waals surface area contributed by atoms with Crippen LogP contribution in [0.3, 0.4) is 0 Å². The van der Waals surface area contributed by atoms with Crippen LogP contribution in [0.15, 0.2) is 24.3 Å². The molecule has 1 spiro atoms. The normalized spacial score (nSPS) is 33.6. The molecule has 5 rings (SSSR count). The molecule has 2 heterocycles. The number of likely N-dealkylation sites (tertiary alicyclic amines) is 1. The molecule has 0 N–H and O–H groups in total. The maximum absolute atomic E-state index is 12.1. The topological polar surface area (TPSA) is 23.6 Å². The van der Waals surface area contributed by atoms with Gasteiger partial charge in [0.1, 0.15) is 0 Å². The third-order valence-corrected chi connectivity index (χ3v) is 7.81. The highest BCUT2D eigenvalue weighted by Gasteiger charge is 2.47. The van der Waals surface area contributed by atoms with Gasteiger partial charge in [-0.25, -0.2) is 0 Å². The molecule has 3 atom stereocenters. The van der Waals surface area contributed by atoms with Crippen LogP contribution in [0.5, 0.6) is 0 Å². The monoisotopic (exact) mass is 338 g/mol. The second-order valence-corrected chi connectivity index (χ2v) is 9.09. The Hall–Kier alpha value is -1.35. The molecule has 25 heavy (non-hydrogen) atoms. The summed E-state index contributed by atoms with van der Waals surface area (Å²) >= 11 is 0. The number of amides is 1. The van der Waals surface area contributed by atoms with Crippen LogP contribution in [-0.4, -0.2) is 41.4 Å². The average molecular weight is 338 g/mol. The van der Waals surface area contributed by atoms with E-state index in [1.807, 2.05) is 0 Å². The lowest BCUT2D eigenvalue weighted by molar-refractivity contribution is -0.131. The van der Waals surface area contributed by atoms with E-state index in [-0.39, 0.29) is 11.3 Å². The van der Waals surface area contributed by atoms with Gasteiger partial charge in [-0.15, -0.1) is 0 Å². The number of fused-ring (bicyclic) bond motifs is 4. The molecule has 1 aromatic rings. The van der Waals surface area contributed by atoms with E-state index < -0.39 is 0 Å². The number of benzene rings is 1. The quantitative estimate of drug-likeness (QED) is 0.781. The highest BCUT2D eigenvalue weighted by molar-refractivity contribution is 5.74. The van der Waals surface area contributed by atoms with Crippen LogP contribution in [0.25, 0.3) is 0 Å². The molecule has 1 amide bonds. The predicted octanol–water partition coefficient (Wildman–Crippen LogP) is 3.57. The minimum Gasteiger partial charge on any atom is -0.338 e. The van der Waals surface area contributed by atoms with Crippen molar-refractivity contribution in [1.82, 2.24) is 9.80 Å². The zero-order valence-electron chi connectivity index (χ0n) is 15.4. The first kappa shape index (κ1) is 15.9. The van der Waals surface area contributed by atoms with Crippen molar-refractivity contribution in [3.8, 4) is 0 Å². The molecule has 0 unspecified atom stereocenters. The summed E-state index contributed by atoms with van der Waals surface area (Å²) in [4.78, 5) is 17.0. The van der Waals surface area contributed by atoms with Crippen LogP contribution >= 0.6 is 0 Å². The van der Waals surface area contributed by atoms with E-state index in [0.717, 1.165) is 31.0 Å². The van der Waals surface area contributed by atoms with Gasteiger partial charge in [-0.2, -0.15) is 0 Å². The van der Waals surface area contributed by atoms with Crippen LogP contribution in [-0.2, 0) is 16.8 Å². The van der Waals surface area contributed by atoms with Gasteiger partial charge in [0.2, 0.25) is 5.91 Å². The zero-order valence-corrected chi connectivity index (χ0v) is 15.4. The van der Waals surface area contributed by atoms with E-state index in [9.17, 15) is 4.79 Å². The first-order valence-electron chi connectivity index (χ1n) is 10.2. The molecule has 1 aromatic carbocycles. The van der Waals surface area contributed by atoms with Gasteiger partial charge in [-0.1, -0.05) is 30.7 Å². The summed E-state index contributed by atoms with van der Waals surface area (Å²) < 4.78 is 0. The van der Waals surface area contributed by atoms with Gasteiger partial charge < -0.3 is 9.80 Å². The van der Waals surface area contributed by atoms with Crippen molar-refractivity contribution in [3.05, 3.63) is 35.4 Å². The third kappa shape index (κ3) is 2.54. The maximum Gasteiger partial charge on any atom is 0.219 e. The van der Waals surface area contributed by atoms with Crippen LogP contribution in [0, 0.1) is 11.8 Å². The Balaban J connectivity index is 1.38. The van der Waals surface area contributed by atoms with E-state index in [0.29, 0.717) is 0 Å². The average Bonchev–Trinajstić information content (AvgIpc) is 3.26. The second kappa shape index (κ2) is 5.84. The molecule has 3 nitrogen and oxygen atoms in total. The van der Waals surface area contributed by atoms with Gasteiger partial charge in [-0.05, 0) is 68.2 Å². The van der Waals surface area contributed by atoms with Crippen LogP contribution < -0.4 is 0 Å². The lowest BCUT2D eigenvalue weighted by Gasteiger charge is -2.50. The Morgan fingerprint density at radius 1 is 1.12 bits per heavy atom. The fraction of sp³-hybridized carbons (Fsp3) is 0.682. The first-order chi connectivity index (χ1) is 12.1. The van der Waals surface area contributed by atoms with Gasteiger partial charge >= 0.3 is 0 Å². The lowest BCUT2D eigenvalue weighted by Crippen LogP contribution is -2.55. The van der Waals surface area contributed by atoms with Crippen LogP contribution in [0.4, 0.5) is 0 Å². The molecule has 0 aromatic heterocycles. The summed E-state index contributed by atoms with van der Waals surface area (Å²) in [5.74, 6) is 2.23. The highest BCUT2D eigenvalue weighted by Crippen LogP contribution is 2.49. The summed E-state index contributed by atoms with van der Waals surface area (Å²) in [5, 5.41) is 0. The summed E-state index contributed by atoms with van der Waals surface area (Å²) in [5.41, 5.74) is 3.09. The van der Waals surface area contributed by atoms with Crippen molar-refractivity contribution >= 4 is 5.91 Å². The molecule has 1 saturated heterocycles. The van der Waals surface area contributed by atoms with Crippen molar-refractivity contribution in [3.63, 3.8) is 0 Å². The molecule has 2 aliphatic heterocycles. The standard InChI is InChI=1S/C22H30N2O/c1-16(25)24-14-19-4-2-3-5-20(19)22(15-24)8-10-23(11-9-22)21-13-17-6-7-18(21)12-17/h2-5,17-18,21H,6-15H2,1H3/t17-,18+,21-/m0/s1. The van der Waals surface area contributed by atoms with Gasteiger partial charge in [0.15, 0.2) is 0 Å². The summed E-state index contributed by atoms with van der Waals surface area (Å²) in [6.07, 6.45) is 8.32. The number of nitrogens with zero attached hydrogens (tertiary/aromatic N) is 2. The number of hydrogen-bond donors (Lipinski definition) is 0. The smallest absolute Gasteiger partial charge is 0.219 e. The molecule has 0 radical (unpaired) electrons. The van der Waals surface area contributed by atoms with E-state index in [4.69, 9.17) is 0 Å². The molecule has 3 heteroatoms. The molecule has 2 bridgehead atoms. The highest BCUT2D eigenvalue weighted by atomic mass is 16.2. The number of carbonyl (C=O) groups excluding carboxylic acids is 1. The zero-order chi connectivity index (χ0) is 17.0. The summed E-state index contributed by atoms with van der Waals surface area (Å²) in [6, 6.07) is 9.74. The minimum atomic E-state index is 0.189. The fourth-order valence-electron chi connectivity index (χ4n) is 6.48. The van der Waals surface area contributed by atoms with Crippen LogP contribution in [0.1, 0.15) is 56.6 Å². The van der Waals surface area contributed by atoms with Crippen molar-refractivity contribution in [2.24, 2.45) is 11.8 Å². The number of carbonyl (C=O) groups is 1. The van der Waals surface area contributed by atoms with Crippen LogP contribution in [0.2, 0.25) is 0 Å². The van der Waals surface area contributed by atoms with Gasteiger partial charge in [0, 0.05) is 31.5 Å². The van der Waals surface area contributed by atoms with Crippen molar-refractivity contribution in [1.29, 1.82) is 0 Å². The summed E-state index contributed by atoms with van der Waals surface area (Å²) in [6.45, 7) is 5.88. The Labute approximate surface area is 151 Å². The van der Waals surface area contributed by atoms with Crippen molar-refractivity contribution in [2.75, 3.05) is 19.6 Å². The Morgan fingerprint density at radius 3 is 2.60 bits per heavy atom. The predicted molar refractivity (Wildman–Crippen MR) is 99.3 cm³/mol. The minimum absolute atomic E-state index is 0.189. The second-order valence-electron chi connectivity index (χ2n) is 9.09. The maximum atomic E-state index is 12.1. The fourth-order valence-corrected chi connectivity index (χ4v) is 6.48. The van der Waals surface area contributed by atoms with E-state index in [2.05, 4.69) is 34.1 Å². The summed E-state index contributed by atoms with van der Waals surface area (Å²) in [7, 11) is 0. The van der Waals surface area contributed by atoms with E-state index in [1.165, 1.54) is 62.7 Å². The molecular weight excluding hydrogens is 308 g/mol. The Bertz CT molecular complexity index is 676. The van der Waals surface area contributed by atoms with E-state index >= 15 is 0 Å². The molecule has 134 valence electrons. The molecule has 3 fully saturated rings. The first-order valence-corrected chi connectivity index (χ1v) is 10.2. The van der Waals surface area contributed by atoms with Gasteiger partial charge in [0.25, 0.3) is 0 Å². The van der Waals surface area contributed by atoms with Gasteiger partial charge in [0.05, 0.1) is 0 Å². The van der Waals surface area contributed by atoms with Gasteiger partial charge in [-0.3, -0.25) is 4.79 Å². The van der Waals surface area contributed by atoms with Crippen molar-refractivity contribution in [2.45, 2.75) is 63.5 Å². The van der Waals surface area contributed by atoms with E-state index in [1.54, 1.807) is 6.92 Å². The molecule has 2 aliphatic carbocycles. The Morgan fingerprint density at radius 2 is 1.92 bits per heavy atom. The number of piperidine rings is 1. The molecular formula is C22H30N2O. The SMILES string of the molecule is CC(=O)N1Cc2ccccc2C2(CCN([C@H]3C[C@H]4CC[C@@H]3C4)CC2)C1. The number of hydrogen-bond acceptors (Lipinski definition) is 2. The lowest BCUT2D eigenvalue weighted by atomic mass is 9.68. The largest absolute Gasteiger partial charge is 0.338 e.